The van der Waals surface area contributed by atoms with Crippen LogP contribution in [0.2, 0.25) is 5.02 Å². The molecule has 7 nitrogen and oxygen atoms in total. The van der Waals surface area contributed by atoms with Gasteiger partial charge in [0.05, 0.1) is 0 Å². The molecule has 2 aromatic rings. The summed E-state index contributed by atoms with van der Waals surface area (Å²) >= 11 is 6.25. The molecule has 30 heavy (non-hydrogen) atoms. The maximum Gasteiger partial charge on any atom is 0.194 e. The van der Waals surface area contributed by atoms with Gasteiger partial charge in [0.25, 0.3) is 0 Å². The Labute approximate surface area is 184 Å². The second kappa shape index (κ2) is 9.25. The zero-order chi connectivity index (χ0) is 21.1. The van der Waals surface area contributed by atoms with E-state index in [0.29, 0.717) is 12.6 Å². The molecule has 2 fully saturated rings. The van der Waals surface area contributed by atoms with Crippen LogP contribution in [-0.2, 0) is 13.6 Å². The normalized spacial score (nSPS) is 18.3. The molecule has 1 aromatic heterocycles. The predicted octanol–water partition coefficient (Wildman–Crippen LogP) is 3.30. The summed E-state index contributed by atoms with van der Waals surface area (Å²) in [4.78, 5) is 9.77. The van der Waals surface area contributed by atoms with Crippen LogP contribution in [0.3, 0.4) is 0 Å². The van der Waals surface area contributed by atoms with E-state index in [4.69, 9.17) is 16.6 Å². The summed E-state index contributed by atoms with van der Waals surface area (Å²) < 4.78 is 2.01. The number of guanidine groups is 1. The van der Waals surface area contributed by atoms with Gasteiger partial charge in [-0.25, -0.2) is 4.99 Å². The van der Waals surface area contributed by atoms with Crippen LogP contribution in [0.5, 0.6) is 0 Å². The number of benzene rings is 1. The second-order valence-electron chi connectivity index (χ2n) is 8.39. The van der Waals surface area contributed by atoms with E-state index in [1.165, 1.54) is 36.9 Å². The van der Waals surface area contributed by atoms with Gasteiger partial charge in [0.2, 0.25) is 0 Å². The van der Waals surface area contributed by atoms with Crippen LogP contribution in [0, 0.1) is 13.8 Å². The fraction of sp³-hybridized carbons (Fsp3) is 0.591. The molecule has 162 valence electrons. The van der Waals surface area contributed by atoms with Crippen molar-refractivity contribution in [2.24, 2.45) is 12.0 Å². The summed E-state index contributed by atoms with van der Waals surface area (Å²) in [7, 11) is 2.00. The molecule has 0 radical (unpaired) electrons. The summed E-state index contributed by atoms with van der Waals surface area (Å²) in [6, 6.07) is 6.66. The van der Waals surface area contributed by atoms with Crippen molar-refractivity contribution < 1.29 is 0 Å². The Morgan fingerprint density at radius 1 is 1.13 bits per heavy atom. The molecular formula is C22H32ClN7. The van der Waals surface area contributed by atoms with E-state index in [1.54, 1.807) is 0 Å². The molecule has 2 aliphatic rings. The molecular weight excluding hydrogens is 398 g/mol. The van der Waals surface area contributed by atoms with E-state index in [2.05, 4.69) is 44.4 Å². The first-order valence-electron chi connectivity index (χ1n) is 10.9. The minimum Gasteiger partial charge on any atom is -0.368 e. The van der Waals surface area contributed by atoms with Gasteiger partial charge in [-0.1, -0.05) is 30.5 Å². The number of nitrogens with one attached hydrogen (secondary N) is 1. The molecule has 0 bridgehead atoms. The van der Waals surface area contributed by atoms with Crippen LogP contribution in [0.1, 0.15) is 42.9 Å². The van der Waals surface area contributed by atoms with E-state index in [-0.39, 0.29) is 0 Å². The van der Waals surface area contributed by atoms with E-state index < -0.39 is 0 Å². The first-order chi connectivity index (χ1) is 14.5. The van der Waals surface area contributed by atoms with Crippen molar-refractivity contribution in [2.45, 2.75) is 52.1 Å². The number of hydrogen-bond acceptors (Lipinski definition) is 4. The Bertz CT molecular complexity index is 893. The fourth-order valence-electron chi connectivity index (χ4n) is 4.31. The standard InChI is InChI=1S/C22H32ClN7/c1-16-8-9-18(23)14-20(16)29-10-12-30(13-11-29)22(25-19-6-4-5-7-19)24-15-21-27-26-17(2)28(21)3/h8-9,14,19H,4-7,10-13,15H2,1-3H3,(H,24,25). The largest absolute Gasteiger partial charge is 0.368 e. The number of anilines is 1. The first kappa shape index (κ1) is 21.0. The summed E-state index contributed by atoms with van der Waals surface area (Å²) in [5.41, 5.74) is 2.50. The Kier molecular flexibility index (Phi) is 6.46. The highest BCUT2D eigenvalue weighted by Gasteiger charge is 2.24. The van der Waals surface area contributed by atoms with Crippen molar-refractivity contribution >= 4 is 23.2 Å². The third-order valence-electron chi connectivity index (χ3n) is 6.33. The highest BCUT2D eigenvalue weighted by atomic mass is 35.5. The zero-order valence-corrected chi connectivity index (χ0v) is 19.0. The van der Waals surface area contributed by atoms with Crippen molar-refractivity contribution in [1.29, 1.82) is 0 Å². The van der Waals surface area contributed by atoms with Gasteiger partial charge in [0.15, 0.2) is 11.8 Å². The summed E-state index contributed by atoms with van der Waals surface area (Å²) in [5.74, 6) is 2.81. The van der Waals surface area contributed by atoms with Gasteiger partial charge < -0.3 is 19.7 Å². The molecule has 1 N–H and O–H groups in total. The SMILES string of the molecule is Cc1ccc(Cl)cc1N1CCN(C(=NCc2nnc(C)n2C)NC2CCCC2)CC1. The van der Waals surface area contributed by atoms with Gasteiger partial charge in [-0.3, -0.25) is 0 Å². The van der Waals surface area contributed by atoms with Crippen molar-refractivity contribution in [3.05, 3.63) is 40.4 Å². The van der Waals surface area contributed by atoms with Crippen LogP contribution < -0.4 is 10.2 Å². The number of hydrogen-bond donors (Lipinski definition) is 1. The van der Waals surface area contributed by atoms with E-state index in [1.807, 2.05) is 24.6 Å². The Balaban J connectivity index is 1.46. The molecule has 0 atom stereocenters. The fourth-order valence-corrected chi connectivity index (χ4v) is 4.47. The molecule has 1 aliphatic heterocycles. The van der Waals surface area contributed by atoms with Gasteiger partial charge in [-0.2, -0.15) is 0 Å². The lowest BCUT2D eigenvalue weighted by Gasteiger charge is -2.39. The number of aliphatic imine (C=N–C) groups is 1. The summed E-state index contributed by atoms with van der Waals surface area (Å²) in [6.45, 7) is 8.43. The van der Waals surface area contributed by atoms with Crippen LogP contribution >= 0.6 is 11.6 Å². The van der Waals surface area contributed by atoms with E-state index >= 15 is 0 Å². The summed E-state index contributed by atoms with van der Waals surface area (Å²) in [6.07, 6.45) is 5.05. The van der Waals surface area contributed by atoms with E-state index in [0.717, 1.165) is 48.8 Å². The number of aryl methyl sites for hydroxylation is 2. The highest BCUT2D eigenvalue weighted by Crippen LogP contribution is 2.25. The Hall–Kier alpha value is -2.28. The molecule has 0 amide bonds. The van der Waals surface area contributed by atoms with Gasteiger partial charge in [0.1, 0.15) is 12.4 Å². The lowest BCUT2D eigenvalue weighted by Crippen LogP contribution is -2.54. The van der Waals surface area contributed by atoms with Crippen molar-refractivity contribution in [3.8, 4) is 0 Å². The quantitative estimate of drug-likeness (QED) is 0.596. The van der Waals surface area contributed by atoms with Gasteiger partial charge in [-0.15, -0.1) is 10.2 Å². The molecule has 0 spiro atoms. The molecule has 1 saturated heterocycles. The topological polar surface area (TPSA) is 61.6 Å². The minimum absolute atomic E-state index is 0.526. The van der Waals surface area contributed by atoms with Crippen molar-refractivity contribution in [1.82, 2.24) is 25.0 Å². The smallest absolute Gasteiger partial charge is 0.194 e. The van der Waals surface area contributed by atoms with Crippen LogP contribution in [0.4, 0.5) is 5.69 Å². The Morgan fingerprint density at radius 2 is 1.87 bits per heavy atom. The van der Waals surface area contributed by atoms with E-state index in [9.17, 15) is 0 Å². The molecule has 4 rings (SSSR count). The number of aromatic nitrogens is 3. The van der Waals surface area contributed by atoms with Gasteiger partial charge in [0, 0.05) is 50.0 Å². The second-order valence-corrected chi connectivity index (χ2v) is 8.83. The molecule has 1 aliphatic carbocycles. The average Bonchev–Trinajstić information content (AvgIpc) is 3.38. The third kappa shape index (κ3) is 4.72. The first-order valence-corrected chi connectivity index (χ1v) is 11.3. The lowest BCUT2D eigenvalue weighted by atomic mass is 10.1. The minimum atomic E-state index is 0.526. The predicted molar refractivity (Wildman–Crippen MR) is 122 cm³/mol. The number of rotatable bonds is 4. The average molecular weight is 430 g/mol. The zero-order valence-electron chi connectivity index (χ0n) is 18.2. The van der Waals surface area contributed by atoms with Crippen LogP contribution in [0.15, 0.2) is 23.2 Å². The van der Waals surface area contributed by atoms with Crippen molar-refractivity contribution in [3.63, 3.8) is 0 Å². The van der Waals surface area contributed by atoms with Crippen molar-refractivity contribution in [2.75, 3.05) is 31.1 Å². The number of nitrogens with zero attached hydrogens (tertiary/aromatic N) is 6. The van der Waals surface area contributed by atoms with Gasteiger partial charge in [-0.05, 0) is 44.4 Å². The molecule has 2 heterocycles. The summed E-state index contributed by atoms with van der Waals surface area (Å²) in [5, 5.41) is 13.0. The van der Waals surface area contributed by atoms with Crippen LogP contribution in [0.25, 0.3) is 0 Å². The lowest BCUT2D eigenvalue weighted by molar-refractivity contribution is 0.365. The molecule has 8 heteroatoms. The monoisotopic (exact) mass is 429 g/mol. The van der Waals surface area contributed by atoms with Crippen LogP contribution in [-0.4, -0.2) is 57.8 Å². The third-order valence-corrected chi connectivity index (χ3v) is 6.57. The molecule has 1 saturated carbocycles. The van der Waals surface area contributed by atoms with Gasteiger partial charge >= 0.3 is 0 Å². The molecule has 1 aromatic carbocycles. The maximum absolute atomic E-state index is 6.25. The number of halogens is 1. The maximum atomic E-state index is 6.25. The number of piperazine rings is 1. The Morgan fingerprint density at radius 3 is 2.53 bits per heavy atom. The highest BCUT2D eigenvalue weighted by molar-refractivity contribution is 6.30. The molecule has 0 unspecified atom stereocenters.